The maximum Gasteiger partial charge on any atom is 0.231 e. The quantitative estimate of drug-likeness (QED) is 0.849. The van der Waals surface area contributed by atoms with E-state index in [0.29, 0.717) is 27.1 Å². The maximum absolute atomic E-state index is 6.13. The molecule has 1 aliphatic heterocycles. The number of benzene rings is 2. The second kappa shape index (κ2) is 6.10. The molecule has 0 fully saturated rings. The monoisotopic (exact) mass is 339 g/mol. The van der Waals surface area contributed by atoms with E-state index in [-0.39, 0.29) is 6.79 Å². The topological polar surface area (TPSA) is 30.5 Å². The molecule has 0 saturated carbocycles. The van der Waals surface area contributed by atoms with E-state index >= 15 is 0 Å². The molecule has 1 N–H and O–H groups in total. The van der Waals surface area contributed by atoms with Gasteiger partial charge in [-0.1, -0.05) is 47.6 Å². The number of nitrogens with one attached hydrogen (secondary N) is 1. The van der Waals surface area contributed by atoms with Gasteiger partial charge in [0.2, 0.25) is 6.79 Å². The number of thiocarbonyl (C=S) groups is 1. The number of halogens is 2. The van der Waals surface area contributed by atoms with Gasteiger partial charge in [-0.3, -0.25) is 0 Å². The summed E-state index contributed by atoms with van der Waals surface area (Å²) in [6, 6.07) is 11.1. The van der Waals surface area contributed by atoms with Crippen LogP contribution in [0.15, 0.2) is 36.4 Å². The van der Waals surface area contributed by atoms with Gasteiger partial charge >= 0.3 is 0 Å². The van der Waals surface area contributed by atoms with Crippen molar-refractivity contribution in [3.8, 4) is 11.5 Å². The molecule has 2 aromatic rings. The fourth-order valence-electron chi connectivity index (χ4n) is 2.04. The van der Waals surface area contributed by atoms with Gasteiger partial charge in [0.1, 0.15) is 4.99 Å². The molecule has 0 unspecified atom stereocenters. The minimum Gasteiger partial charge on any atom is -0.454 e. The first-order valence-corrected chi connectivity index (χ1v) is 7.42. The summed E-state index contributed by atoms with van der Waals surface area (Å²) in [5.74, 6) is 1.51. The van der Waals surface area contributed by atoms with Gasteiger partial charge < -0.3 is 14.8 Å². The van der Waals surface area contributed by atoms with Gasteiger partial charge in [-0.15, -0.1) is 0 Å². The zero-order valence-corrected chi connectivity index (χ0v) is 13.2. The van der Waals surface area contributed by atoms with Crippen molar-refractivity contribution in [1.29, 1.82) is 0 Å². The van der Waals surface area contributed by atoms with Crippen LogP contribution in [0.2, 0.25) is 10.0 Å². The van der Waals surface area contributed by atoms with Crippen molar-refractivity contribution in [2.24, 2.45) is 0 Å². The lowest BCUT2D eigenvalue weighted by Crippen LogP contribution is -2.22. The molecular weight excluding hydrogens is 329 g/mol. The predicted molar refractivity (Wildman–Crippen MR) is 87.6 cm³/mol. The number of hydrogen-bond donors (Lipinski definition) is 1. The van der Waals surface area contributed by atoms with Gasteiger partial charge in [0.25, 0.3) is 0 Å². The fraction of sp³-hybridized carbons (Fsp3) is 0.133. The standard InChI is InChI=1S/C15H11Cl2NO2S/c16-10-2-1-3-11(17)14(10)15(21)18-7-9-4-5-12-13(6-9)20-8-19-12/h1-6H,7-8H2,(H,18,21). The van der Waals surface area contributed by atoms with Crippen molar-refractivity contribution in [3.05, 3.63) is 57.6 Å². The van der Waals surface area contributed by atoms with Gasteiger partial charge in [-0.2, -0.15) is 0 Å². The third-order valence-corrected chi connectivity index (χ3v) is 4.06. The summed E-state index contributed by atoms with van der Waals surface area (Å²) < 4.78 is 10.6. The number of fused-ring (bicyclic) bond motifs is 1. The molecule has 0 aliphatic carbocycles. The van der Waals surface area contributed by atoms with E-state index in [2.05, 4.69) is 5.32 Å². The van der Waals surface area contributed by atoms with Crippen molar-refractivity contribution >= 4 is 40.4 Å². The van der Waals surface area contributed by atoms with Crippen LogP contribution in [0.25, 0.3) is 0 Å². The molecule has 1 heterocycles. The van der Waals surface area contributed by atoms with E-state index in [1.165, 1.54) is 0 Å². The highest BCUT2D eigenvalue weighted by Gasteiger charge is 2.14. The summed E-state index contributed by atoms with van der Waals surface area (Å²) in [6.45, 7) is 0.816. The van der Waals surface area contributed by atoms with E-state index in [1.807, 2.05) is 18.2 Å². The molecule has 2 aromatic carbocycles. The van der Waals surface area contributed by atoms with E-state index in [9.17, 15) is 0 Å². The highest BCUT2D eigenvalue weighted by molar-refractivity contribution is 7.80. The Morgan fingerprint density at radius 1 is 1.10 bits per heavy atom. The Morgan fingerprint density at radius 3 is 2.57 bits per heavy atom. The summed E-state index contributed by atoms with van der Waals surface area (Å²) in [5.41, 5.74) is 1.68. The first kappa shape index (κ1) is 14.4. The zero-order valence-electron chi connectivity index (χ0n) is 10.9. The SMILES string of the molecule is S=C(NCc1ccc2c(c1)OCO2)c1c(Cl)cccc1Cl. The van der Waals surface area contributed by atoms with E-state index in [0.717, 1.165) is 17.1 Å². The van der Waals surface area contributed by atoms with Crippen LogP contribution in [0.5, 0.6) is 11.5 Å². The summed E-state index contributed by atoms with van der Waals surface area (Å²) in [7, 11) is 0. The molecule has 1 aliphatic rings. The zero-order chi connectivity index (χ0) is 14.8. The number of hydrogen-bond acceptors (Lipinski definition) is 3. The number of ether oxygens (including phenoxy) is 2. The molecule has 0 aromatic heterocycles. The minimum atomic E-state index is 0.264. The van der Waals surface area contributed by atoms with Crippen LogP contribution in [0, 0.1) is 0 Å². The first-order chi connectivity index (χ1) is 10.1. The average molecular weight is 340 g/mol. The second-order valence-corrected chi connectivity index (χ2v) is 5.69. The highest BCUT2D eigenvalue weighted by atomic mass is 35.5. The first-order valence-electron chi connectivity index (χ1n) is 6.26. The van der Waals surface area contributed by atoms with Crippen molar-refractivity contribution < 1.29 is 9.47 Å². The molecule has 108 valence electrons. The molecule has 3 nitrogen and oxygen atoms in total. The Kier molecular flexibility index (Phi) is 4.19. The van der Waals surface area contributed by atoms with Crippen molar-refractivity contribution in [2.45, 2.75) is 6.54 Å². The summed E-state index contributed by atoms with van der Waals surface area (Å²) in [5, 5.41) is 4.22. The lowest BCUT2D eigenvalue weighted by atomic mass is 10.2. The van der Waals surface area contributed by atoms with E-state index in [1.54, 1.807) is 18.2 Å². The molecule has 21 heavy (non-hydrogen) atoms. The average Bonchev–Trinajstić information content (AvgIpc) is 2.92. The Hall–Kier alpha value is -1.49. The lowest BCUT2D eigenvalue weighted by Gasteiger charge is -2.11. The van der Waals surface area contributed by atoms with E-state index in [4.69, 9.17) is 44.9 Å². The van der Waals surface area contributed by atoms with Gasteiger partial charge in [0.15, 0.2) is 11.5 Å². The molecular formula is C15H11Cl2NO2S. The summed E-state index contributed by atoms with van der Waals surface area (Å²) >= 11 is 17.6. The molecule has 0 spiro atoms. The fourth-order valence-corrected chi connectivity index (χ4v) is 3.03. The second-order valence-electron chi connectivity index (χ2n) is 4.47. The van der Waals surface area contributed by atoms with Gasteiger partial charge in [0, 0.05) is 12.1 Å². The minimum absolute atomic E-state index is 0.264. The third-order valence-electron chi connectivity index (χ3n) is 3.08. The maximum atomic E-state index is 6.13. The van der Waals surface area contributed by atoms with Gasteiger partial charge in [-0.05, 0) is 29.8 Å². The van der Waals surface area contributed by atoms with E-state index < -0.39 is 0 Å². The normalized spacial score (nSPS) is 12.3. The van der Waals surface area contributed by atoms with Gasteiger partial charge in [-0.25, -0.2) is 0 Å². The Labute approximate surface area is 137 Å². The highest BCUT2D eigenvalue weighted by Crippen LogP contribution is 2.32. The van der Waals surface area contributed by atoms with Crippen LogP contribution in [0.1, 0.15) is 11.1 Å². The lowest BCUT2D eigenvalue weighted by molar-refractivity contribution is 0.174. The molecule has 3 rings (SSSR count). The molecule has 0 saturated heterocycles. The van der Waals surface area contributed by atoms with Gasteiger partial charge in [0.05, 0.1) is 10.0 Å². The summed E-state index contributed by atoms with van der Waals surface area (Å²) in [4.78, 5) is 0.517. The third kappa shape index (κ3) is 3.07. The van der Waals surface area contributed by atoms with Crippen LogP contribution in [0.4, 0.5) is 0 Å². The van der Waals surface area contributed by atoms with Crippen LogP contribution in [-0.2, 0) is 6.54 Å². The van der Waals surface area contributed by atoms with Crippen LogP contribution >= 0.6 is 35.4 Å². The number of rotatable bonds is 3. The van der Waals surface area contributed by atoms with Crippen molar-refractivity contribution in [1.82, 2.24) is 5.32 Å². The Balaban J connectivity index is 1.71. The molecule has 6 heteroatoms. The van der Waals surface area contributed by atoms with Crippen LogP contribution < -0.4 is 14.8 Å². The molecule has 0 bridgehead atoms. The van der Waals surface area contributed by atoms with Crippen LogP contribution in [0.3, 0.4) is 0 Å². The molecule has 0 atom stereocenters. The largest absolute Gasteiger partial charge is 0.454 e. The molecule has 0 amide bonds. The molecule has 0 radical (unpaired) electrons. The van der Waals surface area contributed by atoms with Crippen LogP contribution in [-0.4, -0.2) is 11.8 Å². The smallest absolute Gasteiger partial charge is 0.231 e. The van der Waals surface area contributed by atoms with Crippen molar-refractivity contribution in [2.75, 3.05) is 6.79 Å². The predicted octanol–water partition coefficient (Wildman–Crippen LogP) is 4.19. The Morgan fingerprint density at radius 2 is 1.81 bits per heavy atom. The van der Waals surface area contributed by atoms with Crippen molar-refractivity contribution in [3.63, 3.8) is 0 Å². The summed E-state index contributed by atoms with van der Waals surface area (Å²) in [6.07, 6.45) is 0. The Bertz CT molecular complexity index is 686.